The predicted octanol–water partition coefficient (Wildman–Crippen LogP) is 4.41. The molecule has 1 aliphatic heterocycles. The molecule has 0 bridgehead atoms. The molecule has 4 rings (SSSR count). The minimum absolute atomic E-state index is 0.226. The van der Waals surface area contributed by atoms with Crippen LogP contribution in [-0.2, 0) is 9.59 Å². The monoisotopic (exact) mass is 458 g/mol. The lowest BCUT2D eigenvalue weighted by atomic mass is 9.81. The fraction of sp³-hybridized carbons (Fsp3) is 0.304. The molecule has 31 heavy (non-hydrogen) atoms. The molecule has 0 aromatic heterocycles. The summed E-state index contributed by atoms with van der Waals surface area (Å²) in [7, 11) is 0. The second kappa shape index (κ2) is 8.81. The Morgan fingerprint density at radius 3 is 1.74 bits per heavy atom. The number of Topliss-reactive ketones (excluding diaryl/α,β-unsaturated/α-hetero) is 1. The molecule has 1 saturated carbocycles. The summed E-state index contributed by atoms with van der Waals surface area (Å²) in [4.78, 5) is 52.5. The lowest BCUT2D eigenvalue weighted by molar-refractivity contribution is -0.154. The topological polar surface area (TPSA) is 74.8 Å². The predicted molar refractivity (Wildman–Crippen MR) is 116 cm³/mol. The maximum Gasteiger partial charge on any atom is 0.273 e. The van der Waals surface area contributed by atoms with Crippen molar-refractivity contribution in [1.29, 1.82) is 0 Å². The molecule has 2 aromatic carbocycles. The molecule has 6 nitrogen and oxygen atoms in total. The van der Waals surface area contributed by atoms with E-state index in [1.807, 2.05) is 0 Å². The van der Waals surface area contributed by atoms with Gasteiger partial charge in [0.2, 0.25) is 0 Å². The van der Waals surface area contributed by atoms with Crippen molar-refractivity contribution in [2.24, 2.45) is 11.8 Å². The van der Waals surface area contributed by atoms with Gasteiger partial charge in [-0.15, -0.1) is 0 Å². The Balaban J connectivity index is 1.68. The van der Waals surface area contributed by atoms with E-state index in [-0.39, 0.29) is 5.56 Å². The van der Waals surface area contributed by atoms with Gasteiger partial charge in [-0.2, -0.15) is 5.01 Å². The highest BCUT2D eigenvalue weighted by molar-refractivity contribution is 6.31. The number of benzene rings is 2. The van der Waals surface area contributed by atoms with Crippen molar-refractivity contribution in [1.82, 2.24) is 10.0 Å². The number of ketones is 1. The van der Waals surface area contributed by atoms with Crippen molar-refractivity contribution in [2.75, 3.05) is 6.54 Å². The highest BCUT2D eigenvalue weighted by atomic mass is 35.5. The summed E-state index contributed by atoms with van der Waals surface area (Å²) in [6.45, 7) is -0.444. The third kappa shape index (κ3) is 4.23. The van der Waals surface area contributed by atoms with Crippen LogP contribution < -0.4 is 0 Å². The lowest BCUT2D eigenvalue weighted by Gasteiger charge is -2.30. The largest absolute Gasteiger partial charge is 0.292 e. The summed E-state index contributed by atoms with van der Waals surface area (Å²) in [6.07, 6.45) is 2.95. The summed E-state index contributed by atoms with van der Waals surface area (Å²) in [6, 6.07) is 12.3. The Hall–Kier alpha value is -2.70. The molecular weight excluding hydrogens is 439 g/mol. The zero-order valence-electron chi connectivity index (χ0n) is 16.6. The first-order valence-corrected chi connectivity index (χ1v) is 10.9. The lowest BCUT2D eigenvalue weighted by Crippen LogP contribution is -2.52. The van der Waals surface area contributed by atoms with Gasteiger partial charge in [0.1, 0.15) is 6.54 Å². The van der Waals surface area contributed by atoms with E-state index in [9.17, 15) is 19.2 Å². The second-order valence-electron chi connectivity index (χ2n) is 7.79. The van der Waals surface area contributed by atoms with E-state index in [2.05, 4.69) is 0 Å². The number of halogens is 2. The number of amides is 3. The highest BCUT2D eigenvalue weighted by Gasteiger charge is 2.51. The Morgan fingerprint density at radius 1 is 0.806 bits per heavy atom. The molecule has 160 valence electrons. The van der Waals surface area contributed by atoms with Gasteiger partial charge in [0, 0.05) is 21.2 Å². The van der Waals surface area contributed by atoms with Crippen LogP contribution in [0.2, 0.25) is 10.0 Å². The van der Waals surface area contributed by atoms with Crippen LogP contribution >= 0.6 is 23.2 Å². The minimum atomic E-state index is -0.612. The smallest absolute Gasteiger partial charge is 0.273 e. The van der Waals surface area contributed by atoms with Gasteiger partial charge >= 0.3 is 0 Å². The van der Waals surface area contributed by atoms with Crippen LogP contribution in [0.3, 0.4) is 0 Å². The normalized spacial score (nSPS) is 20.5. The molecule has 3 amide bonds. The van der Waals surface area contributed by atoms with Gasteiger partial charge in [-0.25, -0.2) is 5.01 Å². The molecular formula is C23H20Cl2N2O4. The van der Waals surface area contributed by atoms with Gasteiger partial charge in [0.25, 0.3) is 17.7 Å². The van der Waals surface area contributed by atoms with Crippen molar-refractivity contribution < 1.29 is 19.2 Å². The van der Waals surface area contributed by atoms with Crippen LogP contribution in [0.25, 0.3) is 0 Å². The zero-order valence-corrected chi connectivity index (χ0v) is 18.1. The molecule has 0 radical (unpaired) electrons. The van der Waals surface area contributed by atoms with E-state index in [1.165, 1.54) is 12.1 Å². The van der Waals surface area contributed by atoms with Crippen LogP contribution in [0.15, 0.2) is 48.5 Å². The average molecular weight is 459 g/mol. The first kappa shape index (κ1) is 21.5. The number of rotatable bonds is 5. The molecule has 1 aliphatic carbocycles. The maximum atomic E-state index is 13.3. The summed E-state index contributed by atoms with van der Waals surface area (Å²) in [5, 5.41) is 2.79. The van der Waals surface area contributed by atoms with E-state index in [0.717, 1.165) is 22.9 Å². The zero-order chi connectivity index (χ0) is 22.1. The fourth-order valence-corrected chi connectivity index (χ4v) is 4.47. The Labute approximate surface area is 189 Å². The first-order valence-electron chi connectivity index (χ1n) is 10.1. The van der Waals surface area contributed by atoms with E-state index in [4.69, 9.17) is 23.2 Å². The van der Waals surface area contributed by atoms with E-state index in [1.54, 1.807) is 36.4 Å². The number of carbonyl (C=O) groups excluding carboxylic acids is 4. The van der Waals surface area contributed by atoms with E-state index >= 15 is 0 Å². The van der Waals surface area contributed by atoms with Gasteiger partial charge in [0.15, 0.2) is 5.78 Å². The Morgan fingerprint density at radius 2 is 1.26 bits per heavy atom. The standard InChI is InChI=1S/C23H20Cl2N2O4/c24-16-9-5-14(6-10-16)20(28)13-26(21(29)15-7-11-17(25)12-8-15)27-22(30)18-3-1-2-4-19(18)23(27)31/h5-12,18-19H,1-4,13H2/t18-,19+. The average Bonchev–Trinajstić information content (AvgIpc) is 3.03. The highest BCUT2D eigenvalue weighted by Crippen LogP contribution is 2.39. The molecule has 2 aromatic rings. The van der Waals surface area contributed by atoms with Gasteiger partial charge < -0.3 is 0 Å². The molecule has 1 heterocycles. The summed E-state index contributed by atoms with van der Waals surface area (Å²) in [5.74, 6) is -2.73. The molecule has 1 saturated heterocycles. The maximum absolute atomic E-state index is 13.3. The van der Waals surface area contributed by atoms with Crippen LogP contribution in [0.4, 0.5) is 0 Å². The van der Waals surface area contributed by atoms with Gasteiger partial charge in [0.05, 0.1) is 11.8 Å². The van der Waals surface area contributed by atoms with Crippen LogP contribution in [0.1, 0.15) is 46.4 Å². The first-order chi connectivity index (χ1) is 14.9. The summed E-state index contributed by atoms with van der Waals surface area (Å²) >= 11 is 11.8. The SMILES string of the molecule is O=C(CN(C(=O)c1ccc(Cl)cc1)N1C(=O)[C@H]2CCCC[C@H]2C1=O)c1ccc(Cl)cc1. The summed E-state index contributed by atoms with van der Waals surface area (Å²) < 4.78 is 0. The van der Waals surface area contributed by atoms with Crippen molar-refractivity contribution in [3.8, 4) is 0 Å². The van der Waals surface area contributed by atoms with Gasteiger partial charge in [-0.1, -0.05) is 36.0 Å². The molecule has 0 spiro atoms. The number of hydrogen-bond donors (Lipinski definition) is 0. The Bertz CT molecular complexity index is 1010. The van der Waals surface area contributed by atoms with Crippen LogP contribution in [0.5, 0.6) is 0 Å². The molecule has 2 atom stereocenters. The third-order valence-corrected chi connectivity index (χ3v) is 6.35. The van der Waals surface area contributed by atoms with Gasteiger partial charge in [-0.3, -0.25) is 19.2 Å². The second-order valence-corrected chi connectivity index (χ2v) is 8.66. The number of carbonyl (C=O) groups is 4. The van der Waals surface area contributed by atoms with Gasteiger partial charge in [-0.05, 0) is 61.4 Å². The molecule has 0 N–H and O–H groups in total. The van der Waals surface area contributed by atoms with Crippen molar-refractivity contribution >= 4 is 46.7 Å². The minimum Gasteiger partial charge on any atom is -0.292 e. The third-order valence-electron chi connectivity index (χ3n) is 5.84. The van der Waals surface area contributed by atoms with Crippen molar-refractivity contribution in [3.05, 3.63) is 69.7 Å². The van der Waals surface area contributed by atoms with Crippen LogP contribution in [-0.4, -0.2) is 40.1 Å². The number of hydrogen-bond acceptors (Lipinski definition) is 4. The molecule has 8 heteroatoms. The van der Waals surface area contributed by atoms with E-state index in [0.29, 0.717) is 28.5 Å². The molecule has 2 fully saturated rings. The summed E-state index contributed by atoms with van der Waals surface area (Å²) in [5.41, 5.74) is 0.554. The number of hydrazine groups is 1. The molecule has 2 aliphatic rings. The van der Waals surface area contributed by atoms with Crippen LogP contribution in [0, 0.1) is 11.8 Å². The number of fused-ring (bicyclic) bond motifs is 1. The number of imide groups is 1. The van der Waals surface area contributed by atoms with Crippen molar-refractivity contribution in [3.63, 3.8) is 0 Å². The van der Waals surface area contributed by atoms with Crippen molar-refractivity contribution in [2.45, 2.75) is 25.7 Å². The number of nitrogens with zero attached hydrogens (tertiary/aromatic N) is 2. The fourth-order valence-electron chi connectivity index (χ4n) is 4.22. The van der Waals surface area contributed by atoms with E-state index < -0.39 is 41.9 Å². The quantitative estimate of drug-likeness (QED) is 0.491. The molecule has 0 unspecified atom stereocenters. The Kier molecular flexibility index (Phi) is 6.12.